The maximum Gasteiger partial charge on any atom is 0.323 e. The molecule has 2 aliphatic heterocycles. The number of hydrogen-bond acceptors (Lipinski definition) is 3. The SMILES string of the molecule is O=C(O)C12CCC(CC1)OC2=O. The number of esters is 1. The lowest BCUT2D eigenvalue weighted by molar-refractivity contribution is -0.191. The maximum atomic E-state index is 11.2. The molecule has 12 heavy (non-hydrogen) atoms. The Hall–Kier alpha value is -1.06. The quantitative estimate of drug-likeness (QED) is 0.461. The Kier molecular flexibility index (Phi) is 1.40. The van der Waals surface area contributed by atoms with E-state index < -0.39 is 17.4 Å². The van der Waals surface area contributed by atoms with Crippen LogP contribution in [0.3, 0.4) is 0 Å². The molecule has 2 bridgehead atoms. The third-order valence-electron chi connectivity index (χ3n) is 2.86. The fourth-order valence-corrected chi connectivity index (χ4v) is 1.97. The van der Waals surface area contributed by atoms with Crippen LogP contribution in [-0.4, -0.2) is 23.1 Å². The molecule has 0 aromatic carbocycles. The van der Waals surface area contributed by atoms with Gasteiger partial charge in [-0.2, -0.15) is 0 Å². The highest BCUT2D eigenvalue weighted by Crippen LogP contribution is 2.44. The smallest absolute Gasteiger partial charge is 0.323 e. The van der Waals surface area contributed by atoms with E-state index in [-0.39, 0.29) is 6.10 Å². The lowest BCUT2D eigenvalue weighted by Gasteiger charge is -2.41. The normalized spacial score (nSPS) is 39.3. The molecule has 0 amide bonds. The van der Waals surface area contributed by atoms with Gasteiger partial charge in [-0.1, -0.05) is 0 Å². The molecule has 3 fully saturated rings. The van der Waals surface area contributed by atoms with Crippen LogP contribution in [0.4, 0.5) is 0 Å². The van der Waals surface area contributed by atoms with E-state index in [9.17, 15) is 9.59 Å². The van der Waals surface area contributed by atoms with Crippen molar-refractivity contribution in [1.29, 1.82) is 0 Å². The van der Waals surface area contributed by atoms with Crippen LogP contribution in [0.2, 0.25) is 0 Å². The Bertz CT molecular complexity index is 237. The third-order valence-corrected chi connectivity index (χ3v) is 2.86. The van der Waals surface area contributed by atoms with Crippen molar-refractivity contribution in [1.82, 2.24) is 0 Å². The molecule has 0 atom stereocenters. The molecule has 0 unspecified atom stereocenters. The number of hydrogen-bond donors (Lipinski definition) is 1. The standard InChI is InChI=1S/C8H10O4/c9-6(10)8-3-1-5(2-4-8)12-7(8)11/h5H,1-4H2,(H,9,10). The minimum Gasteiger partial charge on any atom is -0.480 e. The van der Waals surface area contributed by atoms with Gasteiger partial charge in [0.15, 0.2) is 5.41 Å². The fraction of sp³-hybridized carbons (Fsp3) is 0.750. The van der Waals surface area contributed by atoms with Crippen molar-refractivity contribution in [3.05, 3.63) is 0 Å². The largest absolute Gasteiger partial charge is 0.480 e. The van der Waals surface area contributed by atoms with Crippen molar-refractivity contribution >= 4 is 11.9 Å². The number of aliphatic carboxylic acids is 1. The van der Waals surface area contributed by atoms with E-state index in [4.69, 9.17) is 9.84 Å². The summed E-state index contributed by atoms with van der Waals surface area (Å²) in [5, 5.41) is 8.88. The van der Waals surface area contributed by atoms with Gasteiger partial charge in [0.05, 0.1) is 0 Å². The Labute approximate surface area is 69.5 Å². The van der Waals surface area contributed by atoms with Crippen LogP contribution in [0.15, 0.2) is 0 Å². The molecule has 0 radical (unpaired) electrons. The van der Waals surface area contributed by atoms with Crippen molar-refractivity contribution in [2.45, 2.75) is 31.8 Å². The molecule has 66 valence electrons. The van der Waals surface area contributed by atoms with Crippen LogP contribution in [-0.2, 0) is 14.3 Å². The topological polar surface area (TPSA) is 63.6 Å². The van der Waals surface area contributed by atoms with Gasteiger partial charge < -0.3 is 9.84 Å². The molecule has 2 heterocycles. The van der Waals surface area contributed by atoms with Gasteiger partial charge >= 0.3 is 11.9 Å². The molecule has 4 heteroatoms. The minimum absolute atomic E-state index is 0.0151. The Morgan fingerprint density at radius 1 is 1.50 bits per heavy atom. The summed E-state index contributed by atoms with van der Waals surface area (Å²) in [4.78, 5) is 22.1. The summed E-state index contributed by atoms with van der Waals surface area (Å²) in [7, 11) is 0. The van der Waals surface area contributed by atoms with Gasteiger partial charge in [0, 0.05) is 0 Å². The molecule has 3 aliphatic rings. The highest BCUT2D eigenvalue weighted by atomic mass is 16.6. The van der Waals surface area contributed by atoms with Gasteiger partial charge in [-0.15, -0.1) is 0 Å². The van der Waals surface area contributed by atoms with Crippen LogP contribution in [0.5, 0.6) is 0 Å². The second kappa shape index (κ2) is 2.21. The van der Waals surface area contributed by atoms with Crippen LogP contribution in [0.25, 0.3) is 0 Å². The number of carbonyl (C=O) groups is 2. The molecular weight excluding hydrogens is 160 g/mol. The van der Waals surface area contributed by atoms with E-state index in [2.05, 4.69) is 0 Å². The first kappa shape index (κ1) is 7.58. The Morgan fingerprint density at radius 3 is 2.42 bits per heavy atom. The van der Waals surface area contributed by atoms with E-state index in [1.54, 1.807) is 0 Å². The average Bonchev–Trinajstić information content (AvgIpc) is 2.05. The first-order valence-corrected chi connectivity index (χ1v) is 4.10. The van der Waals surface area contributed by atoms with Crippen molar-refractivity contribution in [2.24, 2.45) is 5.41 Å². The predicted molar refractivity (Wildman–Crippen MR) is 38.4 cm³/mol. The molecule has 2 saturated heterocycles. The molecule has 4 nitrogen and oxygen atoms in total. The van der Waals surface area contributed by atoms with E-state index >= 15 is 0 Å². The molecule has 1 N–H and O–H groups in total. The van der Waals surface area contributed by atoms with Crippen LogP contribution in [0, 0.1) is 5.41 Å². The van der Waals surface area contributed by atoms with Crippen LogP contribution in [0.1, 0.15) is 25.7 Å². The molecule has 1 aliphatic carbocycles. The maximum absolute atomic E-state index is 11.2. The highest BCUT2D eigenvalue weighted by molar-refractivity contribution is 6.00. The zero-order valence-corrected chi connectivity index (χ0v) is 6.58. The van der Waals surface area contributed by atoms with Gasteiger partial charge in [0.25, 0.3) is 0 Å². The van der Waals surface area contributed by atoms with Crippen molar-refractivity contribution in [3.63, 3.8) is 0 Å². The molecule has 0 spiro atoms. The fourth-order valence-electron chi connectivity index (χ4n) is 1.97. The summed E-state index contributed by atoms with van der Waals surface area (Å²) in [6.45, 7) is 0. The summed E-state index contributed by atoms with van der Waals surface area (Å²) < 4.78 is 4.93. The summed E-state index contributed by atoms with van der Waals surface area (Å²) in [5.41, 5.74) is -1.20. The zero-order chi connectivity index (χ0) is 8.77. The zero-order valence-electron chi connectivity index (χ0n) is 6.58. The van der Waals surface area contributed by atoms with Crippen LogP contribution < -0.4 is 0 Å². The number of ether oxygens (including phenoxy) is 1. The average molecular weight is 170 g/mol. The first-order chi connectivity index (χ1) is 5.65. The van der Waals surface area contributed by atoms with E-state index in [0.717, 1.165) is 0 Å². The van der Waals surface area contributed by atoms with Gasteiger partial charge in [-0.05, 0) is 25.7 Å². The van der Waals surface area contributed by atoms with E-state index in [1.807, 2.05) is 0 Å². The van der Waals surface area contributed by atoms with Crippen molar-refractivity contribution in [2.75, 3.05) is 0 Å². The predicted octanol–water partition coefficient (Wildman–Crippen LogP) is 0.557. The molecule has 0 aromatic heterocycles. The van der Waals surface area contributed by atoms with Gasteiger partial charge in [0.1, 0.15) is 6.10 Å². The molecule has 1 saturated carbocycles. The lowest BCUT2D eigenvalue weighted by Crippen LogP contribution is -2.51. The highest BCUT2D eigenvalue weighted by Gasteiger charge is 2.54. The summed E-state index contributed by atoms with van der Waals surface area (Å²) in [6, 6.07) is 0. The van der Waals surface area contributed by atoms with Crippen molar-refractivity contribution < 1.29 is 19.4 Å². The third kappa shape index (κ3) is 0.777. The lowest BCUT2D eigenvalue weighted by atomic mass is 9.71. The van der Waals surface area contributed by atoms with Gasteiger partial charge in [-0.25, -0.2) is 0 Å². The second-order valence-electron chi connectivity index (χ2n) is 3.49. The van der Waals surface area contributed by atoms with E-state index in [1.165, 1.54) is 0 Å². The minimum atomic E-state index is -1.20. The number of carbonyl (C=O) groups excluding carboxylic acids is 1. The van der Waals surface area contributed by atoms with E-state index in [0.29, 0.717) is 25.7 Å². The molecule has 3 rings (SSSR count). The number of carboxylic acids is 1. The van der Waals surface area contributed by atoms with Gasteiger partial charge in [0.2, 0.25) is 0 Å². The monoisotopic (exact) mass is 170 g/mol. The summed E-state index contributed by atoms with van der Waals surface area (Å²) >= 11 is 0. The summed E-state index contributed by atoms with van der Waals surface area (Å²) in [5.74, 6) is -1.55. The Morgan fingerprint density at radius 2 is 2.08 bits per heavy atom. The van der Waals surface area contributed by atoms with Crippen LogP contribution >= 0.6 is 0 Å². The number of carboxylic acid groups (broad SMARTS) is 1. The number of fused-ring (bicyclic) bond motifs is 3. The molecule has 0 aromatic rings. The molecular formula is C8H10O4. The van der Waals surface area contributed by atoms with Gasteiger partial charge in [-0.3, -0.25) is 9.59 Å². The first-order valence-electron chi connectivity index (χ1n) is 4.10. The van der Waals surface area contributed by atoms with Crippen molar-refractivity contribution in [3.8, 4) is 0 Å². The Balaban J connectivity index is 2.32. The number of rotatable bonds is 1. The summed E-state index contributed by atoms with van der Waals surface area (Å²) in [6.07, 6.45) is 2.30. The second-order valence-corrected chi connectivity index (χ2v) is 3.49.